The van der Waals surface area contributed by atoms with Crippen LogP contribution in [0.25, 0.3) is 0 Å². The standard InChI is InChI=1S/C21H23N3O6/c1-13(24-28)16-6-8-17(9-7-16)22-21(27)23-19(20(26)29-3)12-15-4-10-18(11-5-15)30-14(2)25/h4-11,13,19H,12H2,1-3H3,(H2,22,23,27). The molecule has 0 bridgehead atoms. The van der Waals surface area contributed by atoms with Crippen LogP contribution in [-0.2, 0) is 20.7 Å². The van der Waals surface area contributed by atoms with Gasteiger partial charge in [0.15, 0.2) is 0 Å². The van der Waals surface area contributed by atoms with E-state index in [1.165, 1.54) is 14.0 Å². The Balaban J connectivity index is 2.01. The number of anilines is 1. The molecule has 0 aliphatic carbocycles. The molecule has 2 rings (SSSR count). The second-order valence-electron chi connectivity index (χ2n) is 6.52. The summed E-state index contributed by atoms with van der Waals surface area (Å²) in [6, 6.07) is 11.2. The van der Waals surface area contributed by atoms with E-state index in [9.17, 15) is 19.3 Å². The van der Waals surface area contributed by atoms with Crippen LogP contribution in [0.2, 0.25) is 0 Å². The summed E-state index contributed by atoms with van der Waals surface area (Å²) < 4.78 is 9.75. The lowest BCUT2D eigenvalue weighted by molar-refractivity contribution is -0.142. The highest BCUT2D eigenvalue weighted by molar-refractivity contribution is 5.92. The molecule has 0 aromatic heterocycles. The number of benzene rings is 2. The van der Waals surface area contributed by atoms with Gasteiger partial charge in [-0.25, -0.2) is 9.59 Å². The van der Waals surface area contributed by atoms with Gasteiger partial charge < -0.3 is 20.1 Å². The maximum absolute atomic E-state index is 12.3. The van der Waals surface area contributed by atoms with Gasteiger partial charge in [0.25, 0.3) is 0 Å². The SMILES string of the molecule is COC(=O)C(Cc1ccc(OC(C)=O)cc1)NC(=O)Nc1ccc(C(C)N=O)cc1. The Hall–Kier alpha value is -3.75. The highest BCUT2D eigenvalue weighted by atomic mass is 16.5. The fraction of sp³-hybridized carbons (Fsp3) is 0.286. The molecule has 2 aromatic carbocycles. The van der Waals surface area contributed by atoms with Crippen molar-refractivity contribution in [3.05, 3.63) is 64.6 Å². The Morgan fingerprint density at radius 3 is 2.20 bits per heavy atom. The number of ether oxygens (including phenoxy) is 2. The van der Waals surface area contributed by atoms with Crippen molar-refractivity contribution in [2.24, 2.45) is 5.18 Å². The van der Waals surface area contributed by atoms with Crippen LogP contribution in [0.15, 0.2) is 53.7 Å². The second-order valence-corrected chi connectivity index (χ2v) is 6.52. The van der Waals surface area contributed by atoms with Gasteiger partial charge in [0, 0.05) is 19.0 Å². The van der Waals surface area contributed by atoms with Crippen LogP contribution in [0.5, 0.6) is 5.75 Å². The summed E-state index contributed by atoms with van der Waals surface area (Å²) in [7, 11) is 1.24. The molecular formula is C21H23N3O6. The van der Waals surface area contributed by atoms with Crippen molar-refractivity contribution in [3.63, 3.8) is 0 Å². The monoisotopic (exact) mass is 413 g/mol. The van der Waals surface area contributed by atoms with Gasteiger partial charge in [-0.15, -0.1) is 0 Å². The molecule has 0 spiro atoms. The zero-order valence-corrected chi connectivity index (χ0v) is 16.9. The van der Waals surface area contributed by atoms with E-state index in [2.05, 4.69) is 15.8 Å². The minimum atomic E-state index is -0.923. The van der Waals surface area contributed by atoms with Crippen molar-refractivity contribution < 1.29 is 23.9 Å². The van der Waals surface area contributed by atoms with Gasteiger partial charge in [0.2, 0.25) is 0 Å². The van der Waals surface area contributed by atoms with Gasteiger partial charge in [-0.05, 0) is 42.3 Å². The van der Waals surface area contributed by atoms with E-state index in [0.29, 0.717) is 11.4 Å². The fourth-order valence-corrected chi connectivity index (χ4v) is 2.66. The predicted molar refractivity (Wildman–Crippen MR) is 110 cm³/mol. The van der Waals surface area contributed by atoms with Crippen molar-refractivity contribution in [3.8, 4) is 5.75 Å². The molecule has 0 radical (unpaired) electrons. The molecule has 158 valence electrons. The highest BCUT2D eigenvalue weighted by Gasteiger charge is 2.22. The molecule has 0 saturated heterocycles. The highest BCUT2D eigenvalue weighted by Crippen LogP contribution is 2.19. The zero-order chi connectivity index (χ0) is 22.1. The van der Waals surface area contributed by atoms with Crippen LogP contribution < -0.4 is 15.4 Å². The molecular weight excluding hydrogens is 390 g/mol. The third kappa shape index (κ3) is 6.69. The number of esters is 2. The first-order chi connectivity index (χ1) is 14.3. The third-order valence-electron chi connectivity index (χ3n) is 4.22. The summed E-state index contributed by atoms with van der Waals surface area (Å²) in [5, 5.41) is 8.16. The minimum Gasteiger partial charge on any atom is -0.467 e. The number of methoxy groups -OCH3 is 1. The normalized spacial score (nSPS) is 12.2. The lowest BCUT2D eigenvalue weighted by Gasteiger charge is -2.17. The van der Waals surface area contributed by atoms with Crippen molar-refractivity contribution in [2.45, 2.75) is 32.4 Å². The Bertz CT molecular complexity index is 896. The predicted octanol–water partition coefficient (Wildman–Crippen LogP) is 3.35. The third-order valence-corrected chi connectivity index (χ3v) is 4.22. The molecule has 0 saturated carbocycles. The summed E-state index contributed by atoms with van der Waals surface area (Å²) in [5.41, 5.74) is 1.95. The number of amides is 2. The lowest BCUT2D eigenvalue weighted by Crippen LogP contribution is -2.45. The Kier molecular flexibility index (Phi) is 8.04. The number of nitroso groups, excluding NO2 is 1. The lowest BCUT2D eigenvalue weighted by atomic mass is 10.1. The number of hydrogen-bond acceptors (Lipinski definition) is 7. The molecule has 2 unspecified atom stereocenters. The van der Waals surface area contributed by atoms with Crippen LogP contribution in [0, 0.1) is 4.91 Å². The van der Waals surface area contributed by atoms with Crippen LogP contribution in [0.4, 0.5) is 10.5 Å². The van der Waals surface area contributed by atoms with Crippen molar-refractivity contribution in [2.75, 3.05) is 12.4 Å². The summed E-state index contributed by atoms with van der Waals surface area (Å²) in [4.78, 5) is 46.0. The Morgan fingerprint density at radius 1 is 1.03 bits per heavy atom. The van der Waals surface area contributed by atoms with Crippen molar-refractivity contribution >= 4 is 23.7 Å². The number of urea groups is 1. The number of carbonyl (C=O) groups is 3. The van der Waals surface area contributed by atoms with Gasteiger partial charge in [0.1, 0.15) is 17.8 Å². The summed E-state index contributed by atoms with van der Waals surface area (Å²) in [6.07, 6.45) is 0.182. The number of nitrogens with zero attached hydrogens (tertiary/aromatic N) is 1. The molecule has 0 aliphatic heterocycles. The zero-order valence-electron chi connectivity index (χ0n) is 16.9. The molecule has 2 N–H and O–H groups in total. The first-order valence-electron chi connectivity index (χ1n) is 9.17. The number of rotatable bonds is 8. The molecule has 9 nitrogen and oxygen atoms in total. The summed E-state index contributed by atoms with van der Waals surface area (Å²) >= 11 is 0. The minimum absolute atomic E-state index is 0.182. The maximum atomic E-state index is 12.3. The summed E-state index contributed by atoms with van der Waals surface area (Å²) in [5.74, 6) is -0.650. The van der Waals surface area contributed by atoms with Gasteiger partial charge in [-0.3, -0.25) is 4.79 Å². The number of carbonyl (C=O) groups excluding carboxylic acids is 3. The van der Waals surface area contributed by atoms with Crippen molar-refractivity contribution in [1.29, 1.82) is 0 Å². The number of nitrogens with one attached hydrogen (secondary N) is 2. The summed E-state index contributed by atoms with van der Waals surface area (Å²) in [6.45, 7) is 2.97. The topological polar surface area (TPSA) is 123 Å². The van der Waals surface area contributed by atoms with E-state index >= 15 is 0 Å². The second kappa shape index (κ2) is 10.7. The molecule has 2 atom stereocenters. The maximum Gasteiger partial charge on any atom is 0.328 e. The van der Waals surface area contributed by atoms with Gasteiger partial charge in [-0.2, -0.15) is 4.91 Å². The van der Waals surface area contributed by atoms with Crippen LogP contribution in [0.3, 0.4) is 0 Å². The van der Waals surface area contributed by atoms with Crippen LogP contribution in [0.1, 0.15) is 31.0 Å². The van der Waals surface area contributed by atoms with Crippen LogP contribution >= 0.6 is 0 Å². The van der Waals surface area contributed by atoms with E-state index in [-0.39, 0.29) is 6.42 Å². The first kappa shape index (κ1) is 22.5. The fourth-order valence-electron chi connectivity index (χ4n) is 2.66. The van der Waals surface area contributed by atoms with Crippen LogP contribution in [-0.4, -0.2) is 31.1 Å². The van der Waals surface area contributed by atoms with Gasteiger partial charge >= 0.3 is 18.0 Å². The van der Waals surface area contributed by atoms with E-state index in [1.807, 2.05) is 0 Å². The molecule has 2 amide bonds. The smallest absolute Gasteiger partial charge is 0.328 e. The first-order valence-corrected chi connectivity index (χ1v) is 9.17. The Morgan fingerprint density at radius 2 is 1.67 bits per heavy atom. The molecule has 2 aromatic rings. The van der Waals surface area contributed by atoms with Gasteiger partial charge in [-0.1, -0.05) is 29.4 Å². The average Bonchev–Trinajstić information content (AvgIpc) is 2.73. The average molecular weight is 413 g/mol. The molecule has 9 heteroatoms. The number of hydrogen-bond donors (Lipinski definition) is 2. The van der Waals surface area contributed by atoms with E-state index < -0.39 is 30.1 Å². The van der Waals surface area contributed by atoms with E-state index in [4.69, 9.17) is 9.47 Å². The quantitative estimate of drug-likeness (QED) is 0.389. The Labute approximate surface area is 173 Å². The van der Waals surface area contributed by atoms with E-state index in [0.717, 1.165) is 11.1 Å². The van der Waals surface area contributed by atoms with Gasteiger partial charge in [0.05, 0.1) is 7.11 Å². The molecule has 30 heavy (non-hydrogen) atoms. The molecule has 0 fully saturated rings. The largest absolute Gasteiger partial charge is 0.467 e. The van der Waals surface area contributed by atoms with E-state index in [1.54, 1.807) is 55.5 Å². The molecule has 0 heterocycles. The van der Waals surface area contributed by atoms with Crippen molar-refractivity contribution in [1.82, 2.24) is 5.32 Å². The molecule has 0 aliphatic rings.